The van der Waals surface area contributed by atoms with Crippen LogP contribution in [0.1, 0.15) is 13.8 Å². The van der Waals surface area contributed by atoms with E-state index >= 15 is 0 Å². The van der Waals surface area contributed by atoms with Gasteiger partial charge in [0.15, 0.2) is 0 Å². The SMILES string of the molecule is CCN(CC)CCNCCN1CCN(C)CC1. The van der Waals surface area contributed by atoms with Crippen LogP contribution in [-0.4, -0.2) is 87.2 Å². The third kappa shape index (κ3) is 6.36. The molecule has 0 aromatic rings. The lowest BCUT2D eigenvalue weighted by molar-refractivity contribution is 0.154. The highest BCUT2D eigenvalue weighted by atomic mass is 15.2. The number of hydrogen-bond acceptors (Lipinski definition) is 4. The Hall–Kier alpha value is -0.160. The van der Waals surface area contributed by atoms with Crippen molar-refractivity contribution in [3.05, 3.63) is 0 Å². The third-order valence-electron chi connectivity index (χ3n) is 3.70. The minimum absolute atomic E-state index is 1.12. The van der Waals surface area contributed by atoms with Crippen molar-refractivity contribution in [2.24, 2.45) is 0 Å². The largest absolute Gasteiger partial charge is 0.314 e. The van der Waals surface area contributed by atoms with Crippen LogP contribution < -0.4 is 5.32 Å². The lowest BCUT2D eigenvalue weighted by Gasteiger charge is -2.32. The van der Waals surface area contributed by atoms with E-state index < -0.39 is 0 Å². The van der Waals surface area contributed by atoms with Crippen LogP contribution in [0.5, 0.6) is 0 Å². The van der Waals surface area contributed by atoms with Crippen LogP contribution in [0, 0.1) is 0 Å². The number of likely N-dealkylation sites (N-methyl/N-ethyl adjacent to an activating group) is 2. The van der Waals surface area contributed by atoms with E-state index in [2.05, 4.69) is 40.9 Å². The predicted molar refractivity (Wildman–Crippen MR) is 74.6 cm³/mol. The van der Waals surface area contributed by atoms with E-state index in [-0.39, 0.29) is 0 Å². The molecule has 17 heavy (non-hydrogen) atoms. The normalized spacial score (nSPS) is 19.1. The van der Waals surface area contributed by atoms with Crippen molar-refractivity contribution < 1.29 is 0 Å². The number of rotatable bonds is 8. The van der Waals surface area contributed by atoms with Crippen LogP contribution in [0.4, 0.5) is 0 Å². The average molecular weight is 242 g/mol. The summed E-state index contributed by atoms with van der Waals surface area (Å²) in [4.78, 5) is 7.43. The Bertz CT molecular complexity index is 174. The summed E-state index contributed by atoms with van der Waals surface area (Å²) in [5.41, 5.74) is 0. The van der Waals surface area contributed by atoms with E-state index in [0.717, 1.165) is 26.2 Å². The molecular weight excluding hydrogens is 212 g/mol. The van der Waals surface area contributed by atoms with Crippen LogP contribution in [0.3, 0.4) is 0 Å². The molecule has 1 rings (SSSR count). The van der Waals surface area contributed by atoms with Gasteiger partial charge in [-0.2, -0.15) is 0 Å². The first-order valence-corrected chi connectivity index (χ1v) is 7.10. The Labute approximate surface area is 107 Å². The average Bonchev–Trinajstić information content (AvgIpc) is 2.36. The van der Waals surface area contributed by atoms with Gasteiger partial charge in [0.1, 0.15) is 0 Å². The summed E-state index contributed by atoms with van der Waals surface area (Å²) in [6.07, 6.45) is 0. The van der Waals surface area contributed by atoms with E-state index in [4.69, 9.17) is 0 Å². The zero-order valence-corrected chi connectivity index (χ0v) is 11.9. The number of piperazine rings is 1. The molecule has 0 aromatic carbocycles. The molecule has 0 amide bonds. The summed E-state index contributed by atoms with van der Waals surface area (Å²) in [6.45, 7) is 16.3. The van der Waals surface area contributed by atoms with Gasteiger partial charge in [-0.1, -0.05) is 13.8 Å². The summed E-state index contributed by atoms with van der Waals surface area (Å²) in [7, 11) is 2.21. The highest BCUT2D eigenvalue weighted by molar-refractivity contribution is 4.69. The Morgan fingerprint density at radius 3 is 2.24 bits per heavy atom. The molecule has 1 heterocycles. The van der Waals surface area contributed by atoms with Crippen LogP contribution in [-0.2, 0) is 0 Å². The van der Waals surface area contributed by atoms with E-state index in [1.54, 1.807) is 0 Å². The molecule has 1 N–H and O–H groups in total. The van der Waals surface area contributed by atoms with Gasteiger partial charge < -0.3 is 15.1 Å². The van der Waals surface area contributed by atoms with Crippen LogP contribution in [0.2, 0.25) is 0 Å². The van der Waals surface area contributed by atoms with Crippen molar-refractivity contribution in [1.82, 2.24) is 20.0 Å². The molecule has 0 unspecified atom stereocenters. The molecule has 1 saturated heterocycles. The minimum atomic E-state index is 1.12. The monoisotopic (exact) mass is 242 g/mol. The van der Waals surface area contributed by atoms with Crippen molar-refractivity contribution >= 4 is 0 Å². The lowest BCUT2D eigenvalue weighted by atomic mass is 10.3. The molecule has 0 atom stereocenters. The Morgan fingerprint density at radius 2 is 1.65 bits per heavy atom. The Kier molecular flexibility index (Phi) is 7.77. The third-order valence-corrected chi connectivity index (χ3v) is 3.70. The van der Waals surface area contributed by atoms with Crippen LogP contribution in [0.15, 0.2) is 0 Å². The quantitative estimate of drug-likeness (QED) is 0.612. The molecule has 102 valence electrons. The van der Waals surface area contributed by atoms with Crippen molar-refractivity contribution in [1.29, 1.82) is 0 Å². The van der Waals surface area contributed by atoms with Crippen molar-refractivity contribution in [2.45, 2.75) is 13.8 Å². The predicted octanol–water partition coefficient (Wildman–Crippen LogP) is 0.165. The molecule has 0 aromatic heterocycles. The van der Waals surface area contributed by atoms with Gasteiger partial charge in [0.2, 0.25) is 0 Å². The Morgan fingerprint density at radius 1 is 1.00 bits per heavy atom. The maximum Gasteiger partial charge on any atom is 0.0110 e. The number of hydrogen-bond donors (Lipinski definition) is 1. The fraction of sp³-hybridized carbons (Fsp3) is 1.00. The second-order valence-corrected chi connectivity index (χ2v) is 4.92. The molecular formula is C13H30N4. The maximum atomic E-state index is 3.55. The summed E-state index contributed by atoms with van der Waals surface area (Å²) < 4.78 is 0. The summed E-state index contributed by atoms with van der Waals surface area (Å²) in [6, 6.07) is 0. The summed E-state index contributed by atoms with van der Waals surface area (Å²) >= 11 is 0. The molecule has 0 bridgehead atoms. The Balaban J connectivity index is 1.93. The van der Waals surface area contributed by atoms with Gasteiger partial charge in [0.25, 0.3) is 0 Å². The van der Waals surface area contributed by atoms with Crippen molar-refractivity contribution in [3.8, 4) is 0 Å². The molecule has 0 radical (unpaired) electrons. The smallest absolute Gasteiger partial charge is 0.0110 e. The van der Waals surface area contributed by atoms with Gasteiger partial charge >= 0.3 is 0 Å². The van der Waals surface area contributed by atoms with E-state index in [1.807, 2.05) is 0 Å². The molecule has 0 saturated carbocycles. The zero-order chi connectivity index (χ0) is 12.5. The first-order valence-electron chi connectivity index (χ1n) is 7.10. The molecule has 4 nitrogen and oxygen atoms in total. The number of nitrogens with one attached hydrogen (secondary N) is 1. The number of nitrogens with zero attached hydrogens (tertiary/aromatic N) is 3. The van der Waals surface area contributed by atoms with Crippen LogP contribution in [0.25, 0.3) is 0 Å². The highest BCUT2D eigenvalue weighted by Crippen LogP contribution is 1.97. The lowest BCUT2D eigenvalue weighted by Crippen LogP contribution is -2.46. The second-order valence-electron chi connectivity index (χ2n) is 4.92. The fourth-order valence-electron chi connectivity index (χ4n) is 2.21. The summed E-state index contributed by atoms with van der Waals surface area (Å²) in [5, 5.41) is 3.55. The molecule has 1 aliphatic rings. The molecule has 0 aliphatic carbocycles. The maximum absolute atomic E-state index is 3.55. The van der Waals surface area contributed by atoms with E-state index in [9.17, 15) is 0 Å². The molecule has 4 heteroatoms. The van der Waals surface area contributed by atoms with Gasteiger partial charge in [-0.3, -0.25) is 4.90 Å². The van der Waals surface area contributed by atoms with Crippen LogP contribution >= 0.6 is 0 Å². The molecule has 1 fully saturated rings. The topological polar surface area (TPSA) is 21.8 Å². The minimum Gasteiger partial charge on any atom is -0.314 e. The zero-order valence-electron chi connectivity index (χ0n) is 11.9. The van der Waals surface area contributed by atoms with Gasteiger partial charge in [0, 0.05) is 52.4 Å². The van der Waals surface area contributed by atoms with Crippen molar-refractivity contribution in [2.75, 3.05) is 72.5 Å². The summed E-state index contributed by atoms with van der Waals surface area (Å²) in [5.74, 6) is 0. The molecule has 1 aliphatic heterocycles. The van der Waals surface area contributed by atoms with Crippen molar-refractivity contribution in [3.63, 3.8) is 0 Å². The van der Waals surface area contributed by atoms with E-state index in [1.165, 1.54) is 39.3 Å². The first-order chi connectivity index (χ1) is 8.26. The van der Waals surface area contributed by atoms with Gasteiger partial charge in [-0.25, -0.2) is 0 Å². The van der Waals surface area contributed by atoms with E-state index in [0.29, 0.717) is 0 Å². The molecule has 0 spiro atoms. The first kappa shape index (κ1) is 14.9. The van der Waals surface area contributed by atoms with Gasteiger partial charge in [0.05, 0.1) is 0 Å². The van der Waals surface area contributed by atoms with Gasteiger partial charge in [-0.05, 0) is 20.1 Å². The second kappa shape index (κ2) is 8.86. The standard InChI is InChI=1S/C13H30N4/c1-4-16(5-2)8-6-14-7-9-17-12-10-15(3)11-13-17/h14H,4-13H2,1-3H3. The highest BCUT2D eigenvalue weighted by Gasteiger charge is 2.12. The van der Waals surface area contributed by atoms with Gasteiger partial charge in [-0.15, -0.1) is 0 Å². The fourth-order valence-corrected chi connectivity index (χ4v) is 2.21.